The van der Waals surface area contributed by atoms with Crippen molar-refractivity contribution in [1.29, 1.82) is 0 Å². The van der Waals surface area contributed by atoms with Crippen molar-refractivity contribution in [2.75, 3.05) is 13.7 Å². The van der Waals surface area contributed by atoms with Crippen LogP contribution in [0.1, 0.15) is 40.9 Å². The molecule has 9 heteroatoms. The monoisotopic (exact) mass is 460 g/mol. The highest BCUT2D eigenvalue weighted by Crippen LogP contribution is 2.55. The first kappa shape index (κ1) is 22.2. The number of benzene rings is 2. The molecule has 0 amide bonds. The second kappa shape index (κ2) is 8.34. The van der Waals surface area contributed by atoms with Gasteiger partial charge in [0, 0.05) is 17.5 Å². The molecule has 6 unspecified atom stereocenters. The van der Waals surface area contributed by atoms with Gasteiger partial charge in [-0.3, -0.25) is 0 Å². The van der Waals surface area contributed by atoms with E-state index in [9.17, 15) is 20.4 Å². The average Bonchev–Trinajstić information content (AvgIpc) is 3.00. The Hall–Kier alpha value is -2.56. The van der Waals surface area contributed by atoms with E-state index in [1.165, 1.54) is 0 Å². The molecule has 0 aromatic heterocycles. The lowest BCUT2D eigenvalue weighted by molar-refractivity contribution is -0.292. The Morgan fingerprint density at radius 2 is 1.61 bits per heavy atom. The minimum atomic E-state index is -1.34. The van der Waals surface area contributed by atoms with Gasteiger partial charge in [0.1, 0.15) is 53.5 Å². The molecule has 3 aliphatic heterocycles. The summed E-state index contributed by atoms with van der Waals surface area (Å²) >= 11 is 0. The number of aromatic hydroxyl groups is 1. The summed E-state index contributed by atoms with van der Waals surface area (Å²) in [7, 11) is 1.60. The van der Waals surface area contributed by atoms with Gasteiger partial charge in [-0.25, -0.2) is 0 Å². The maximum Gasteiger partial charge on any atom is 0.229 e. The van der Waals surface area contributed by atoms with Crippen LogP contribution in [-0.4, -0.2) is 64.8 Å². The molecular weight excluding hydrogens is 432 g/mol. The smallest absolute Gasteiger partial charge is 0.229 e. The topological polar surface area (TPSA) is 127 Å². The first-order valence-electron chi connectivity index (χ1n) is 10.9. The summed E-state index contributed by atoms with van der Waals surface area (Å²) in [6, 6.07) is 7.50. The molecule has 2 aromatic rings. The molecule has 2 aromatic carbocycles. The molecule has 1 fully saturated rings. The Bertz CT molecular complexity index is 1040. The summed E-state index contributed by atoms with van der Waals surface area (Å²) in [5.74, 6) is 1.57. The summed E-state index contributed by atoms with van der Waals surface area (Å²) in [5.41, 5.74) is 2.58. The van der Waals surface area contributed by atoms with Crippen LogP contribution >= 0.6 is 0 Å². The summed E-state index contributed by atoms with van der Waals surface area (Å²) in [5, 5.41) is 41.5. The van der Waals surface area contributed by atoms with E-state index in [4.69, 9.17) is 23.7 Å². The number of methoxy groups -OCH3 is 1. The Kier molecular flexibility index (Phi) is 5.62. The van der Waals surface area contributed by atoms with Crippen molar-refractivity contribution < 1.29 is 44.1 Å². The predicted molar refractivity (Wildman–Crippen MR) is 115 cm³/mol. The zero-order valence-electron chi connectivity index (χ0n) is 18.6. The molecule has 3 aliphatic rings. The quantitative estimate of drug-likeness (QED) is 0.542. The fourth-order valence-corrected chi connectivity index (χ4v) is 4.85. The van der Waals surface area contributed by atoms with Crippen LogP contribution in [0.3, 0.4) is 0 Å². The van der Waals surface area contributed by atoms with Crippen molar-refractivity contribution >= 4 is 0 Å². The zero-order valence-corrected chi connectivity index (χ0v) is 18.6. The number of aliphatic hydroxyl groups excluding tert-OH is 3. The molecular formula is C24H28O9. The van der Waals surface area contributed by atoms with Crippen LogP contribution in [0.2, 0.25) is 0 Å². The lowest BCUT2D eigenvalue weighted by Gasteiger charge is -2.41. The molecule has 1 saturated heterocycles. The minimum Gasteiger partial charge on any atom is -0.507 e. The van der Waals surface area contributed by atoms with E-state index in [-0.39, 0.29) is 5.75 Å². The van der Waals surface area contributed by atoms with Crippen LogP contribution in [0.4, 0.5) is 0 Å². The van der Waals surface area contributed by atoms with Crippen LogP contribution in [0.15, 0.2) is 24.3 Å². The third kappa shape index (κ3) is 3.51. The molecule has 178 valence electrons. The molecule has 0 bridgehead atoms. The third-order valence-corrected chi connectivity index (χ3v) is 6.76. The van der Waals surface area contributed by atoms with Gasteiger partial charge >= 0.3 is 0 Å². The highest BCUT2D eigenvalue weighted by molar-refractivity contribution is 5.63. The van der Waals surface area contributed by atoms with E-state index in [0.717, 1.165) is 11.3 Å². The third-order valence-electron chi connectivity index (χ3n) is 6.76. The van der Waals surface area contributed by atoms with Crippen LogP contribution in [0.5, 0.6) is 23.0 Å². The standard InChI is InChI=1S/C24H28O9/c1-10-18(26)11(2)22-17-15(31-23-20(28)19(27)16(9-25)32-24(23)33-22)8-14(30-21(10)17)12-4-6-13(29-3)7-5-12/h4-7,14-16,19-20,23-28H,8-9H2,1-3H3/t14?,15-,16?,19?,20?,23?,24?/m0/s1. The van der Waals surface area contributed by atoms with Crippen LogP contribution in [0.25, 0.3) is 0 Å². The van der Waals surface area contributed by atoms with Crippen molar-refractivity contribution in [3.8, 4) is 23.0 Å². The van der Waals surface area contributed by atoms with Crippen molar-refractivity contribution in [3.05, 3.63) is 46.5 Å². The maximum absolute atomic E-state index is 10.8. The number of fused-ring (bicyclic) bond motifs is 1. The fourth-order valence-electron chi connectivity index (χ4n) is 4.85. The largest absolute Gasteiger partial charge is 0.507 e. The molecule has 9 nitrogen and oxygen atoms in total. The fraction of sp³-hybridized carbons (Fsp3) is 0.500. The SMILES string of the molecule is COc1ccc(C2C[C@@H]3OC4C(Oc5c(C)c(O)c(C)c(c53)O2)OC(CO)C(O)C4O)cc1. The van der Waals surface area contributed by atoms with E-state index in [1.54, 1.807) is 21.0 Å². The van der Waals surface area contributed by atoms with Crippen LogP contribution < -0.4 is 14.2 Å². The van der Waals surface area contributed by atoms with Gasteiger partial charge in [0.25, 0.3) is 0 Å². The molecule has 4 N–H and O–H groups in total. The van der Waals surface area contributed by atoms with Crippen molar-refractivity contribution in [3.63, 3.8) is 0 Å². The Morgan fingerprint density at radius 3 is 2.24 bits per heavy atom. The van der Waals surface area contributed by atoms with Crippen LogP contribution in [-0.2, 0) is 9.47 Å². The summed E-state index contributed by atoms with van der Waals surface area (Å²) in [4.78, 5) is 0. The first-order valence-corrected chi connectivity index (χ1v) is 10.9. The molecule has 0 saturated carbocycles. The van der Waals surface area contributed by atoms with Crippen molar-refractivity contribution in [2.45, 2.75) is 63.2 Å². The van der Waals surface area contributed by atoms with Gasteiger partial charge < -0.3 is 44.1 Å². The van der Waals surface area contributed by atoms with Crippen LogP contribution in [0, 0.1) is 13.8 Å². The lowest BCUT2D eigenvalue weighted by atomic mass is 9.90. The van der Waals surface area contributed by atoms with Gasteiger partial charge in [0.2, 0.25) is 6.29 Å². The van der Waals surface area contributed by atoms with E-state index < -0.39 is 49.5 Å². The van der Waals surface area contributed by atoms with Gasteiger partial charge in [-0.1, -0.05) is 12.1 Å². The summed E-state index contributed by atoms with van der Waals surface area (Å²) in [6.45, 7) is 3.00. The molecule has 5 rings (SSSR count). The number of phenols is 1. The molecule has 0 spiro atoms. The number of rotatable bonds is 3. The molecule has 0 aliphatic carbocycles. The second-order valence-electron chi connectivity index (χ2n) is 8.70. The Balaban J connectivity index is 1.59. The second-order valence-corrected chi connectivity index (χ2v) is 8.70. The lowest BCUT2D eigenvalue weighted by Crippen LogP contribution is -2.60. The number of hydrogen-bond acceptors (Lipinski definition) is 9. The van der Waals surface area contributed by atoms with Gasteiger partial charge in [-0.05, 0) is 31.5 Å². The van der Waals surface area contributed by atoms with Gasteiger partial charge in [-0.2, -0.15) is 0 Å². The van der Waals surface area contributed by atoms with Crippen molar-refractivity contribution in [1.82, 2.24) is 0 Å². The Morgan fingerprint density at radius 1 is 0.939 bits per heavy atom. The van der Waals surface area contributed by atoms with Gasteiger partial charge in [0.05, 0.1) is 25.4 Å². The molecule has 7 atom stereocenters. The minimum absolute atomic E-state index is 0.0337. The summed E-state index contributed by atoms with van der Waals surface area (Å²) in [6.07, 6.45) is -6.34. The zero-order chi connectivity index (χ0) is 23.4. The number of hydrogen-bond donors (Lipinski definition) is 4. The maximum atomic E-state index is 10.8. The normalized spacial score (nSPS) is 32.6. The Labute approximate surface area is 191 Å². The number of phenolic OH excluding ortho intramolecular Hbond substituents is 1. The first-order chi connectivity index (χ1) is 15.8. The van der Waals surface area contributed by atoms with E-state index in [1.807, 2.05) is 24.3 Å². The van der Waals surface area contributed by atoms with Gasteiger partial charge in [-0.15, -0.1) is 0 Å². The van der Waals surface area contributed by atoms with E-state index in [0.29, 0.717) is 34.6 Å². The average molecular weight is 460 g/mol. The van der Waals surface area contributed by atoms with Crippen molar-refractivity contribution in [2.24, 2.45) is 0 Å². The summed E-state index contributed by atoms with van der Waals surface area (Å²) < 4.78 is 29.8. The predicted octanol–water partition coefficient (Wildman–Crippen LogP) is 1.80. The molecule has 0 radical (unpaired) electrons. The van der Waals surface area contributed by atoms with E-state index >= 15 is 0 Å². The number of aliphatic hydroxyl groups is 3. The number of ether oxygens (including phenoxy) is 5. The van der Waals surface area contributed by atoms with E-state index in [2.05, 4.69) is 0 Å². The highest BCUT2D eigenvalue weighted by atomic mass is 16.7. The van der Waals surface area contributed by atoms with Gasteiger partial charge in [0.15, 0.2) is 0 Å². The molecule has 33 heavy (non-hydrogen) atoms. The highest BCUT2D eigenvalue weighted by Gasteiger charge is 2.51. The molecule has 3 heterocycles.